The molecule has 0 fully saturated rings. The number of anilines is 2. The van der Waals surface area contributed by atoms with Gasteiger partial charge in [0.2, 0.25) is 0 Å². The Bertz CT molecular complexity index is 679. The Balaban J connectivity index is 2.14. The first-order chi connectivity index (χ1) is 10.3. The highest BCUT2D eigenvalue weighted by Crippen LogP contribution is 2.29. The van der Waals surface area contributed by atoms with Crippen molar-refractivity contribution in [2.45, 2.75) is 19.5 Å². The average Bonchev–Trinajstić information content (AvgIpc) is 2.46. The smallest absolute Gasteiger partial charge is 0.398 e. The van der Waals surface area contributed by atoms with Crippen molar-refractivity contribution in [3.8, 4) is 0 Å². The zero-order valence-corrected chi connectivity index (χ0v) is 11.9. The average molecular weight is 308 g/mol. The van der Waals surface area contributed by atoms with Gasteiger partial charge in [-0.3, -0.25) is 4.79 Å². The standard InChI is InChI=1S/C16H15F3N2O/c1-2-10-5-8-13(9-14(10)20)21-15(22)11-3-6-12(7-4-11)16(17,18)19/h3-9H,2,20H2,1H3,(H,21,22). The number of nitrogens with two attached hydrogens (primary N) is 1. The van der Waals surface area contributed by atoms with Crippen LogP contribution >= 0.6 is 0 Å². The molecule has 0 atom stereocenters. The number of nitrogens with one attached hydrogen (secondary N) is 1. The summed E-state index contributed by atoms with van der Waals surface area (Å²) in [5.74, 6) is -0.489. The summed E-state index contributed by atoms with van der Waals surface area (Å²) in [4.78, 5) is 12.0. The molecule has 0 aliphatic rings. The number of halogens is 3. The van der Waals surface area contributed by atoms with E-state index in [1.54, 1.807) is 18.2 Å². The van der Waals surface area contributed by atoms with Crippen molar-refractivity contribution in [1.29, 1.82) is 0 Å². The minimum Gasteiger partial charge on any atom is -0.398 e. The molecule has 0 unspecified atom stereocenters. The third kappa shape index (κ3) is 3.58. The molecule has 0 spiro atoms. The first-order valence-electron chi connectivity index (χ1n) is 6.68. The highest BCUT2D eigenvalue weighted by molar-refractivity contribution is 6.04. The zero-order valence-electron chi connectivity index (χ0n) is 11.9. The molecule has 6 heteroatoms. The van der Waals surface area contributed by atoms with Crippen LogP contribution in [-0.2, 0) is 12.6 Å². The maximum Gasteiger partial charge on any atom is 0.416 e. The second-order valence-corrected chi connectivity index (χ2v) is 4.80. The Kier molecular flexibility index (Phi) is 4.40. The second-order valence-electron chi connectivity index (χ2n) is 4.80. The van der Waals surface area contributed by atoms with Gasteiger partial charge in [-0.1, -0.05) is 13.0 Å². The van der Waals surface area contributed by atoms with Gasteiger partial charge in [0.1, 0.15) is 0 Å². The van der Waals surface area contributed by atoms with E-state index < -0.39 is 17.6 Å². The molecule has 2 rings (SSSR count). The van der Waals surface area contributed by atoms with Crippen LogP contribution in [0.4, 0.5) is 24.5 Å². The molecule has 0 heterocycles. The number of carbonyl (C=O) groups excluding carboxylic acids is 1. The van der Waals surface area contributed by atoms with E-state index in [9.17, 15) is 18.0 Å². The van der Waals surface area contributed by atoms with Gasteiger partial charge >= 0.3 is 6.18 Å². The molecule has 0 aliphatic carbocycles. The van der Waals surface area contributed by atoms with Crippen molar-refractivity contribution >= 4 is 17.3 Å². The number of carbonyl (C=O) groups is 1. The van der Waals surface area contributed by atoms with Crippen molar-refractivity contribution in [2.75, 3.05) is 11.1 Å². The summed E-state index contributed by atoms with van der Waals surface area (Å²) < 4.78 is 37.4. The molecular weight excluding hydrogens is 293 g/mol. The van der Waals surface area contributed by atoms with E-state index in [1.165, 1.54) is 0 Å². The molecule has 3 nitrogen and oxygen atoms in total. The molecule has 0 bridgehead atoms. The minimum absolute atomic E-state index is 0.145. The van der Waals surface area contributed by atoms with Crippen LogP contribution in [0.2, 0.25) is 0 Å². The van der Waals surface area contributed by atoms with Gasteiger partial charge in [-0.25, -0.2) is 0 Å². The predicted octanol–water partition coefficient (Wildman–Crippen LogP) is 4.10. The molecule has 22 heavy (non-hydrogen) atoms. The Morgan fingerprint density at radius 2 is 1.77 bits per heavy atom. The van der Waals surface area contributed by atoms with Crippen LogP contribution in [0.25, 0.3) is 0 Å². The van der Waals surface area contributed by atoms with E-state index in [0.29, 0.717) is 11.4 Å². The predicted molar refractivity (Wildman–Crippen MR) is 79.6 cm³/mol. The fourth-order valence-corrected chi connectivity index (χ4v) is 2.01. The van der Waals surface area contributed by atoms with E-state index in [2.05, 4.69) is 5.32 Å². The number of hydrogen-bond donors (Lipinski definition) is 2. The largest absolute Gasteiger partial charge is 0.416 e. The van der Waals surface area contributed by atoms with Crippen molar-refractivity contribution in [3.63, 3.8) is 0 Å². The summed E-state index contributed by atoms with van der Waals surface area (Å²) in [5.41, 5.74) is 7.22. The molecular formula is C16H15F3N2O. The van der Waals surface area contributed by atoms with Crippen molar-refractivity contribution in [1.82, 2.24) is 0 Å². The number of amides is 1. The topological polar surface area (TPSA) is 55.1 Å². The Morgan fingerprint density at radius 3 is 2.27 bits per heavy atom. The van der Waals surface area contributed by atoms with Crippen LogP contribution in [0.15, 0.2) is 42.5 Å². The van der Waals surface area contributed by atoms with Gasteiger partial charge in [0.05, 0.1) is 5.56 Å². The summed E-state index contributed by atoms with van der Waals surface area (Å²) in [6.07, 6.45) is -3.64. The summed E-state index contributed by atoms with van der Waals surface area (Å²) in [6, 6.07) is 9.17. The molecule has 2 aromatic rings. The van der Waals surface area contributed by atoms with Gasteiger partial charge < -0.3 is 11.1 Å². The highest BCUT2D eigenvalue weighted by Gasteiger charge is 2.30. The van der Waals surface area contributed by atoms with Gasteiger partial charge in [-0.2, -0.15) is 13.2 Å². The lowest BCUT2D eigenvalue weighted by atomic mass is 10.1. The van der Waals surface area contributed by atoms with E-state index in [4.69, 9.17) is 5.73 Å². The van der Waals surface area contributed by atoms with Crippen molar-refractivity contribution in [3.05, 3.63) is 59.2 Å². The van der Waals surface area contributed by atoms with Crippen LogP contribution in [0.5, 0.6) is 0 Å². The number of aryl methyl sites for hydroxylation is 1. The Morgan fingerprint density at radius 1 is 1.14 bits per heavy atom. The normalized spacial score (nSPS) is 11.3. The lowest BCUT2D eigenvalue weighted by Gasteiger charge is -2.10. The first-order valence-corrected chi connectivity index (χ1v) is 6.68. The fraction of sp³-hybridized carbons (Fsp3) is 0.188. The molecule has 1 amide bonds. The minimum atomic E-state index is -4.42. The van der Waals surface area contributed by atoms with Gasteiger partial charge in [-0.15, -0.1) is 0 Å². The molecule has 2 aromatic carbocycles. The molecule has 0 aromatic heterocycles. The quantitative estimate of drug-likeness (QED) is 0.839. The van der Waals surface area contributed by atoms with Gasteiger partial charge in [0.25, 0.3) is 5.91 Å². The van der Waals surface area contributed by atoms with E-state index >= 15 is 0 Å². The summed E-state index contributed by atoms with van der Waals surface area (Å²) in [6.45, 7) is 1.96. The molecule has 0 saturated heterocycles. The fourth-order valence-electron chi connectivity index (χ4n) is 2.01. The molecule has 3 N–H and O–H groups in total. The Labute approximate surface area is 125 Å². The number of alkyl halides is 3. The van der Waals surface area contributed by atoms with E-state index in [-0.39, 0.29) is 5.56 Å². The summed E-state index contributed by atoms with van der Waals surface area (Å²) in [7, 11) is 0. The number of rotatable bonds is 3. The SMILES string of the molecule is CCc1ccc(NC(=O)c2ccc(C(F)(F)F)cc2)cc1N. The van der Waals surface area contributed by atoms with Gasteiger partial charge in [0.15, 0.2) is 0 Å². The third-order valence-corrected chi connectivity index (χ3v) is 3.26. The first kappa shape index (κ1) is 15.9. The highest BCUT2D eigenvalue weighted by atomic mass is 19.4. The zero-order chi connectivity index (χ0) is 16.3. The van der Waals surface area contributed by atoms with Crippen LogP contribution in [0.1, 0.15) is 28.4 Å². The number of hydrogen-bond acceptors (Lipinski definition) is 2. The van der Waals surface area contributed by atoms with Crippen molar-refractivity contribution in [2.24, 2.45) is 0 Å². The molecule has 0 saturated carbocycles. The van der Waals surface area contributed by atoms with Crippen LogP contribution in [0, 0.1) is 0 Å². The van der Waals surface area contributed by atoms with E-state index in [1.807, 2.05) is 6.92 Å². The molecule has 116 valence electrons. The van der Waals surface area contributed by atoms with Crippen molar-refractivity contribution < 1.29 is 18.0 Å². The summed E-state index contributed by atoms with van der Waals surface area (Å²) in [5, 5.41) is 2.61. The number of nitrogen functional groups attached to an aromatic ring is 1. The van der Waals surface area contributed by atoms with E-state index in [0.717, 1.165) is 36.2 Å². The van der Waals surface area contributed by atoms with Crippen LogP contribution < -0.4 is 11.1 Å². The second kappa shape index (κ2) is 6.09. The maximum atomic E-state index is 12.5. The van der Waals surface area contributed by atoms with Crippen LogP contribution in [-0.4, -0.2) is 5.91 Å². The van der Waals surface area contributed by atoms with Crippen LogP contribution in [0.3, 0.4) is 0 Å². The maximum absolute atomic E-state index is 12.5. The Hall–Kier alpha value is -2.50. The number of benzene rings is 2. The van der Waals surface area contributed by atoms with Gasteiger partial charge in [0, 0.05) is 16.9 Å². The molecule has 0 aliphatic heterocycles. The monoisotopic (exact) mass is 308 g/mol. The van der Waals surface area contributed by atoms with Gasteiger partial charge in [-0.05, 0) is 48.4 Å². The third-order valence-electron chi connectivity index (χ3n) is 3.26. The lowest BCUT2D eigenvalue weighted by molar-refractivity contribution is -0.137. The summed E-state index contributed by atoms with van der Waals surface area (Å²) >= 11 is 0. The molecule has 0 radical (unpaired) electrons. The lowest BCUT2D eigenvalue weighted by Crippen LogP contribution is -2.13.